The van der Waals surface area contributed by atoms with Crippen LogP contribution in [0.15, 0.2) is 85.1 Å². The van der Waals surface area contributed by atoms with E-state index in [4.69, 9.17) is 14.2 Å². The van der Waals surface area contributed by atoms with Gasteiger partial charge in [-0.2, -0.15) is 0 Å². The molecule has 0 saturated carbocycles. The van der Waals surface area contributed by atoms with Crippen LogP contribution in [-0.2, 0) is 28.6 Å². The van der Waals surface area contributed by atoms with Gasteiger partial charge in [0, 0.05) is 19.3 Å². The molecule has 0 aliphatic carbocycles. The van der Waals surface area contributed by atoms with Crippen molar-refractivity contribution in [1.82, 2.24) is 0 Å². The van der Waals surface area contributed by atoms with Crippen LogP contribution in [0, 0.1) is 0 Å². The Balaban J connectivity index is 4.45. The van der Waals surface area contributed by atoms with Crippen molar-refractivity contribution in [1.29, 1.82) is 0 Å². The molecule has 1 atom stereocenters. The van der Waals surface area contributed by atoms with Crippen LogP contribution in [0.25, 0.3) is 0 Å². The van der Waals surface area contributed by atoms with Crippen LogP contribution < -0.4 is 0 Å². The van der Waals surface area contributed by atoms with Gasteiger partial charge in [0.1, 0.15) is 13.2 Å². The molecule has 0 aliphatic heterocycles. The normalized spacial score (nSPS) is 12.7. The minimum absolute atomic E-state index is 0.0976. The molecular weight excluding hydrogens is 865 g/mol. The summed E-state index contributed by atoms with van der Waals surface area (Å²) in [6.45, 7) is 6.48. The maximum absolute atomic E-state index is 12.8. The van der Waals surface area contributed by atoms with Gasteiger partial charge < -0.3 is 14.2 Å². The number of carbonyl (C=O) groups excluding carboxylic acids is 3. The molecule has 402 valence electrons. The lowest BCUT2D eigenvalue weighted by molar-refractivity contribution is -0.167. The topological polar surface area (TPSA) is 78.9 Å². The first-order chi connectivity index (χ1) is 34.5. The highest BCUT2D eigenvalue weighted by Crippen LogP contribution is 2.16. The van der Waals surface area contributed by atoms with Gasteiger partial charge in [-0.1, -0.05) is 260 Å². The Bertz CT molecular complexity index is 1350. The van der Waals surface area contributed by atoms with Crippen molar-refractivity contribution in [2.24, 2.45) is 0 Å². The van der Waals surface area contributed by atoms with Crippen LogP contribution in [0.5, 0.6) is 0 Å². The molecule has 0 aliphatic rings. The lowest BCUT2D eigenvalue weighted by Crippen LogP contribution is -2.30. The second-order valence-corrected chi connectivity index (χ2v) is 19.5. The largest absolute Gasteiger partial charge is 0.462 e. The molecule has 70 heavy (non-hydrogen) atoms. The second-order valence-electron chi connectivity index (χ2n) is 19.5. The second kappa shape index (κ2) is 58.2. The molecule has 0 heterocycles. The molecule has 0 bridgehead atoms. The van der Waals surface area contributed by atoms with Crippen LogP contribution in [0.4, 0.5) is 0 Å². The fraction of sp³-hybridized carbons (Fsp3) is 0.734. The third kappa shape index (κ3) is 55.5. The van der Waals surface area contributed by atoms with E-state index in [1.54, 1.807) is 0 Å². The summed E-state index contributed by atoms with van der Waals surface area (Å²) < 4.78 is 16.8. The first-order valence-electron chi connectivity index (χ1n) is 29.6. The highest BCUT2D eigenvalue weighted by Gasteiger charge is 2.19. The van der Waals surface area contributed by atoms with E-state index in [0.29, 0.717) is 19.3 Å². The molecule has 0 aromatic rings. The van der Waals surface area contributed by atoms with Crippen LogP contribution >= 0.6 is 0 Å². The van der Waals surface area contributed by atoms with Crippen LogP contribution in [0.2, 0.25) is 0 Å². The number of unbranched alkanes of at least 4 members (excludes halogenated alkanes) is 28. The number of esters is 3. The monoisotopic (exact) mass is 975 g/mol. The summed E-state index contributed by atoms with van der Waals surface area (Å²) in [6.07, 6.45) is 75.8. The number of hydrogen-bond acceptors (Lipinski definition) is 6. The average molecular weight is 976 g/mol. The van der Waals surface area contributed by atoms with Crippen LogP contribution in [0.1, 0.15) is 284 Å². The molecule has 1 unspecified atom stereocenters. The summed E-state index contributed by atoms with van der Waals surface area (Å²) in [4.78, 5) is 38.2. The zero-order chi connectivity index (χ0) is 50.7. The van der Waals surface area contributed by atoms with Gasteiger partial charge in [0.2, 0.25) is 0 Å². The van der Waals surface area contributed by atoms with E-state index in [1.165, 1.54) is 154 Å². The summed E-state index contributed by atoms with van der Waals surface area (Å²) >= 11 is 0. The Hall–Kier alpha value is -3.41. The number of hydrogen-bond donors (Lipinski definition) is 0. The third-order valence-corrected chi connectivity index (χ3v) is 12.6. The lowest BCUT2D eigenvalue weighted by Gasteiger charge is -2.18. The van der Waals surface area contributed by atoms with Gasteiger partial charge in [-0.05, 0) is 89.9 Å². The fourth-order valence-electron chi connectivity index (χ4n) is 8.22. The van der Waals surface area contributed by atoms with Gasteiger partial charge in [0.05, 0.1) is 0 Å². The fourth-order valence-corrected chi connectivity index (χ4v) is 8.22. The van der Waals surface area contributed by atoms with E-state index < -0.39 is 6.10 Å². The van der Waals surface area contributed by atoms with Gasteiger partial charge in [-0.3, -0.25) is 14.4 Å². The molecule has 6 heteroatoms. The Morgan fingerprint density at radius 2 is 0.571 bits per heavy atom. The molecule has 0 spiro atoms. The zero-order valence-electron chi connectivity index (χ0n) is 46.0. The first kappa shape index (κ1) is 66.6. The molecule has 0 rings (SSSR count). The number of allylic oxidation sites excluding steroid dienone is 14. The predicted octanol–water partition coefficient (Wildman–Crippen LogP) is 19.9. The maximum atomic E-state index is 12.8. The predicted molar refractivity (Wildman–Crippen MR) is 302 cm³/mol. The summed E-state index contributed by atoms with van der Waals surface area (Å²) in [5, 5.41) is 0. The molecule has 6 nitrogen and oxygen atoms in total. The van der Waals surface area contributed by atoms with Gasteiger partial charge in [-0.25, -0.2) is 0 Å². The van der Waals surface area contributed by atoms with E-state index in [-0.39, 0.29) is 37.5 Å². The third-order valence-electron chi connectivity index (χ3n) is 12.6. The maximum Gasteiger partial charge on any atom is 0.306 e. The van der Waals surface area contributed by atoms with E-state index >= 15 is 0 Å². The van der Waals surface area contributed by atoms with E-state index in [0.717, 1.165) is 83.5 Å². The Labute approximate surface area is 433 Å². The van der Waals surface area contributed by atoms with Crippen LogP contribution in [0.3, 0.4) is 0 Å². The lowest BCUT2D eigenvalue weighted by atomic mass is 10.0. The standard InChI is InChI=1S/C64H110O6/c1-4-7-10-13-16-19-22-25-28-31-32-34-36-39-42-45-48-51-54-57-63(66)69-60-61(59-68-62(65)56-53-50-47-44-41-38-35-30-27-24-21-18-15-12-9-6-3)70-64(67)58-55-52-49-46-43-40-37-33-29-26-23-20-17-14-11-8-5-2/h7,10,16-17,19-20,25-26,28-29,37,40,46,49,61H,4-6,8-9,11-15,18,21-24,27,30-36,38-39,41-45,47-48,50-60H2,1-3H3/b10-7-,19-16-,20-17-,28-25-,29-26-,40-37-,49-46-. The molecule has 0 radical (unpaired) electrons. The molecule has 0 aromatic carbocycles. The number of rotatable bonds is 53. The Kier molecular flexibility index (Phi) is 55.3. The zero-order valence-corrected chi connectivity index (χ0v) is 46.0. The van der Waals surface area contributed by atoms with E-state index in [9.17, 15) is 14.4 Å². The molecule has 0 saturated heterocycles. The highest BCUT2D eigenvalue weighted by atomic mass is 16.6. The van der Waals surface area contributed by atoms with Gasteiger partial charge in [0.15, 0.2) is 6.10 Å². The van der Waals surface area contributed by atoms with Crippen molar-refractivity contribution in [2.75, 3.05) is 13.2 Å². The van der Waals surface area contributed by atoms with Gasteiger partial charge in [0.25, 0.3) is 0 Å². The van der Waals surface area contributed by atoms with Crippen molar-refractivity contribution in [3.05, 3.63) is 85.1 Å². The molecule has 0 fully saturated rings. The Morgan fingerprint density at radius 3 is 0.943 bits per heavy atom. The van der Waals surface area contributed by atoms with Crippen molar-refractivity contribution in [2.45, 2.75) is 290 Å². The summed E-state index contributed by atoms with van der Waals surface area (Å²) in [7, 11) is 0. The number of carbonyl (C=O) groups is 3. The molecular formula is C64H110O6. The summed E-state index contributed by atoms with van der Waals surface area (Å²) in [6, 6.07) is 0. The molecule has 0 amide bonds. The molecule has 0 aromatic heterocycles. The Morgan fingerprint density at radius 1 is 0.300 bits per heavy atom. The smallest absolute Gasteiger partial charge is 0.306 e. The summed E-state index contributed by atoms with van der Waals surface area (Å²) in [5.41, 5.74) is 0. The minimum atomic E-state index is -0.807. The SMILES string of the molecule is CC/C=C\C/C=C\C/C=C\CCCCCCCCCCCC(=O)OCC(COC(=O)CCCCCCCCCCCCCCCCCC)OC(=O)CCC/C=C\C/C=C\C/C=C\C/C=C\CCCCC. The highest BCUT2D eigenvalue weighted by molar-refractivity contribution is 5.71. The quantitative estimate of drug-likeness (QED) is 0.0261. The van der Waals surface area contributed by atoms with Crippen molar-refractivity contribution >= 4 is 17.9 Å². The molecule has 0 N–H and O–H groups in total. The minimum Gasteiger partial charge on any atom is -0.462 e. The van der Waals surface area contributed by atoms with E-state index in [2.05, 4.69) is 106 Å². The van der Waals surface area contributed by atoms with Crippen LogP contribution in [-0.4, -0.2) is 37.2 Å². The summed E-state index contributed by atoms with van der Waals surface area (Å²) in [5.74, 6) is -0.951. The van der Waals surface area contributed by atoms with Crippen molar-refractivity contribution in [3.63, 3.8) is 0 Å². The van der Waals surface area contributed by atoms with Gasteiger partial charge in [-0.15, -0.1) is 0 Å². The van der Waals surface area contributed by atoms with Crippen molar-refractivity contribution < 1.29 is 28.6 Å². The average Bonchev–Trinajstić information content (AvgIpc) is 3.36. The number of ether oxygens (including phenoxy) is 3. The van der Waals surface area contributed by atoms with Crippen molar-refractivity contribution in [3.8, 4) is 0 Å². The van der Waals surface area contributed by atoms with E-state index in [1.807, 2.05) is 0 Å². The van der Waals surface area contributed by atoms with Gasteiger partial charge >= 0.3 is 17.9 Å². The first-order valence-corrected chi connectivity index (χ1v) is 29.6.